The summed E-state index contributed by atoms with van der Waals surface area (Å²) in [6.07, 6.45) is 9.13. The zero-order chi connectivity index (χ0) is 12.5. The van der Waals surface area contributed by atoms with Gasteiger partial charge in [-0.15, -0.1) is 11.6 Å². The van der Waals surface area contributed by atoms with E-state index < -0.39 is 0 Å². The van der Waals surface area contributed by atoms with Gasteiger partial charge in [-0.25, -0.2) is 0 Å². The number of unbranched alkanes of at least 4 members (excludes halogenated alkanes) is 4. The molecule has 1 saturated heterocycles. The van der Waals surface area contributed by atoms with Gasteiger partial charge in [-0.2, -0.15) is 0 Å². The van der Waals surface area contributed by atoms with Crippen molar-refractivity contribution in [2.24, 2.45) is 5.92 Å². The smallest absolute Gasteiger partial charge is 0.222 e. The molecule has 1 fully saturated rings. The first kappa shape index (κ1) is 14.8. The van der Waals surface area contributed by atoms with Crippen LogP contribution in [0, 0.1) is 5.92 Å². The van der Waals surface area contributed by atoms with E-state index in [0.717, 1.165) is 32.4 Å². The van der Waals surface area contributed by atoms with Crippen molar-refractivity contribution in [1.82, 2.24) is 4.90 Å². The molecule has 100 valence electrons. The molecule has 0 aromatic carbocycles. The fraction of sp³-hybridized carbons (Fsp3) is 0.929. The van der Waals surface area contributed by atoms with E-state index in [1.165, 1.54) is 32.1 Å². The SMILES string of the molecule is CCCCCCCC(=O)N1CCCC(CCl)C1. The first-order chi connectivity index (χ1) is 8.27. The molecule has 0 aromatic heterocycles. The lowest BCUT2D eigenvalue weighted by molar-refractivity contribution is -0.133. The predicted octanol–water partition coefficient (Wildman–Crippen LogP) is 3.82. The van der Waals surface area contributed by atoms with Crippen molar-refractivity contribution in [2.45, 2.75) is 58.3 Å². The maximum Gasteiger partial charge on any atom is 0.222 e. The van der Waals surface area contributed by atoms with E-state index in [-0.39, 0.29) is 0 Å². The van der Waals surface area contributed by atoms with E-state index in [2.05, 4.69) is 6.92 Å². The Morgan fingerprint density at radius 3 is 2.76 bits per heavy atom. The standard InChI is InChI=1S/C14H26ClNO/c1-2-3-4-5-6-9-14(17)16-10-7-8-13(11-15)12-16/h13H,2-12H2,1H3. The van der Waals surface area contributed by atoms with Gasteiger partial charge < -0.3 is 4.90 Å². The molecule has 0 aromatic rings. The highest BCUT2D eigenvalue weighted by atomic mass is 35.5. The Labute approximate surface area is 111 Å². The molecule has 1 atom stereocenters. The van der Waals surface area contributed by atoms with Gasteiger partial charge in [-0.3, -0.25) is 4.79 Å². The third kappa shape index (κ3) is 5.76. The molecule has 1 unspecified atom stereocenters. The summed E-state index contributed by atoms with van der Waals surface area (Å²) < 4.78 is 0. The average Bonchev–Trinajstić information content (AvgIpc) is 2.38. The summed E-state index contributed by atoms with van der Waals surface area (Å²) in [5.74, 6) is 1.56. The van der Waals surface area contributed by atoms with Crippen LogP contribution in [0.25, 0.3) is 0 Å². The minimum atomic E-state index is 0.344. The normalized spacial score (nSPS) is 20.6. The average molecular weight is 260 g/mol. The van der Waals surface area contributed by atoms with Gasteiger partial charge >= 0.3 is 0 Å². The summed E-state index contributed by atoms with van der Waals surface area (Å²) >= 11 is 5.87. The van der Waals surface area contributed by atoms with Gasteiger partial charge in [0.05, 0.1) is 0 Å². The molecule has 1 aliphatic heterocycles. The van der Waals surface area contributed by atoms with E-state index in [4.69, 9.17) is 11.6 Å². The van der Waals surface area contributed by atoms with Crippen LogP contribution in [0.4, 0.5) is 0 Å². The summed E-state index contributed by atoms with van der Waals surface area (Å²) in [4.78, 5) is 14.0. The first-order valence-corrected chi connectivity index (χ1v) is 7.65. The fourth-order valence-corrected chi connectivity index (χ4v) is 2.71. The number of piperidine rings is 1. The van der Waals surface area contributed by atoms with Crippen molar-refractivity contribution in [1.29, 1.82) is 0 Å². The van der Waals surface area contributed by atoms with Gasteiger partial charge in [0, 0.05) is 25.4 Å². The van der Waals surface area contributed by atoms with Crippen molar-refractivity contribution < 1.29 is 4.79 Å². The molecule has 0 saturated carbocycles. The number of amides is 1. The van der Waals surface area contributed by atoms with Crippen LogP contribution in [0.2, 0.25) is 0 Å². The van der Waals surface area contributed by atoms with Gasteiger partial charge in [0.15, 0.2) is 0 Å². The Bertz CT molecular complexity index is 220. The molecule has 0 spiro atoms. The second-order valence-corrected chi connectivity index (χ2v) is 5.48. The third-order valence-corrected chi connectivity index (χ3v) is 4.02. The van der Waals surface area contributed by atoms with Crippen molar-refractivity contribution in [2.75, 3.05) is 19.0 Å². The highest BCUT2D eigenvalue weighted by Gasteiger charge is 2.22. The largest absolute Gasteiger partial charge is 0.342 e. The Morgan fingerprint density at radius 2 is 2.06 bits per heavy atom. The lowest BCUT2D eigenvalue weighted by Crippen LogP contribution is -2.40. The molecule has 0 N–H and O–H groups in total. The van der Waals surface area contributed by atoms with E-state index in [1.54, 1.807) is 0 Å². The molecule has 1 rings (SSSR count). The molecule has 1 aliphatic rings. The number of likely N-dealkylation sites (tertiary alicyclic amines) is 1. The molecular weight excluding hydrogens is 234 g/mol. The highest BCUT2D eigenvalue weighted by molar-refractivity contribution is 6.18. The molecule has 17 heavy (non-hydrogen) atoms. The third-order valence-electron chi connectivity index (χ3n) is 3.58. The van der Waals surface area contributed by atoms with Crippen LogP contribution < -0.4 is 0 Å². The number of alkyl halides is 1. The second kappa shape index (κ2) is 8.79. The number of nitrogens with zero attached hydrogens (tertiary/aromatic N) is 1. The monoisotopic (exact) mass is 259 g/mol. The number of rotatable bonds is 7. The Hall–Kier alpha value is -0.240. The second-order valence-electron chi connectivity index (χ2n) is 5.17. The van der Waals surface area contributed by atoms with E-state index >= 15 is 0 Å². The zero-order valence-electron chi connectivity index (χ0n) is 11.1. The van der Waals surface area contributed by atoms with Crippen LogP contribution in [0.5, 0.6) is 0 Å². The number of carbonyl (C=O) groups excluding carboxylic acids is 1. The van der Waals surface area contributed by atoms with E-state index in [1.807, 2.05) is 4.90 Å². The van der Waals surface area contributed by atoms with Crippen LogP contribution in [-0.4, -0.2) is 29.8 Å². The first-order valence-electron chi connectivity index (χ1n) is 7.11. The molecule has 0 bridgehead atoms. The minimum Gasteiger partial charge on any atom is -0.342 e. The lowest BCUT2D eigenvalue weighted by atomic mass is 9.99. The molecule has 3 heteroatoms. The molecule has 0 aliphatic carbocycles. The van der Waals surface area contributed by atoms with E-state index in [0.29, 0.717) is 17.7 Å². The number of hydrogen-bond acceptors (Lipinski definition) is 1. The van der Waals surface area contributed by atoms with Crippen LogP contribution in [-0.2, 0) is 4.79 Å². The zero-order valence-corrected chi connectivity index (χ0v) is 11.8. The quantitative estimate of drug-likeness (QED) is 0.503. The topological polar surface area (TPSA) is 20.3 Å². The van der Waals surface area contributed by atoms with Gasteiger partial charge in [0.25, 0.3) is 0 Å². The molecule has 1 amide bonds. The maximum absolute atomic E-state index is 12.0. The summed E-state index contributed by atoms with van der Waals surface area (Å²) in [5.41, 5.74) is 0. The van der Waals surface area contributed by atoms with Crippen LogP contribution in [0.1, 0.15) is 58.3 Å². The molecule has 0 radical (unpaired) electrons. The van der Waals surface area contributed by atoms with Crippen molar-refractivity contribution in [3.05, 3.63) is 0 Å². The minimum absolute atomic E-state index is 0.344. The number of carbonyl (C=O) groups is 1. The van der Waals surface area contributed by atoms with Crippen molar-refractivity contribution in [3.8, 4) is 0 Å². The van der Waals surface area contributed by atoms with Crippen LogP contribution in [0.15, 0.2) is 0 Å². The van der Waals surface area contributed by atoms with E-state index in [9.17, 15) is 4.79 Å². The summed E-state index contributed by atoms with van der Waals surface area (Å²) in [7, 11) is 0. The van der Waals surface area contributed by atoms with Gasteiger partial charge in [0.2, 0.25) is 5.91 Å². The van der Waals surface area contributed by atoms with Gasteiger partial charge in [0.1, 0.15) is 0 Å². The Balaban J connectivity index is 2.14. The van der Waals surface area contributed by atoms with Crippen LogP contribution in [0.3, 0.4) is 0 Å². The summed E-state index contributed by atoms with van der Waals surface area (Å²) in [5, 5.41) is 0. The highest BCUT2D eigenvalue weighted by Crippen LogP contribution is 2.19. The lowest BCUT2D eigenvalue weighted by Gasteiger charge is -2.31. The predicted molar refractivity (Wildman–Crippen MR) is 73.4 cm³/mol. The Morgan fingerprint density at radius 1 is 1.29 bits per heavy atom. The summed E-state index contributed by atoms with van der Waals surface area (Å²) in [6, 6.07) is 0. The number of hydrogen-bond donors (Lipinski definition) is 0. The molecule has 1 heterocycles. The Kier molecular flexibility index (Phi) is 7.67. The van der Waals surface area contributed by atoms with Crippen LogP contribution >= 0.6 is 11.6 Å². The maximum atomic E-state index is 12.0. The van der Waals surface area contributed by atoms with Gasteiger partial charge in [-0.05, 0) is 25.2 Å². The number of halogens is 1. The molecule has 2 nitrogen and oxygen atoms in total. The van der Waals surface area contributed by atoms with Gasteiger partial charge in [-0.1, -0.05) is 32.6 Å². The molecular formula is C14H26ClNO. The summed E-state index contributed by atoms with van der Waals surface area (Å²) in [6.45, 7) is 4.05. The fourth-order valence-electron chi connectivity index (χ4n) is 2.46. The van der Waals surface area contributed by atoms with Crippen molar-refractivity contribution in [3.63, 3.8) is 0 Å². The van der Waals surface area contributed by atoms with Crippen molar-refractivity contribution >= 4 is 17.5 Å².